The highest BCUT2D eigenvalue weighted by atomic mass is 19.1. The minimum atomic E-state index is -0.550. The molecule has 1 atom stereocenters. The molecule has 2 aliphatic rings. The number of hydrogen-bond donors (Lipinski definition) is 2. The van der Waals surface area contributed by atoms with Crippen molar-refractivity contribution in [1.29, 1.82) is 0 Å². The van der Waals surface area contributed by atoms with Gasteiger partial charge in [0.05, 0.1) is 11.5 Å². The number of carbonyl (C=O) groups is 1. The first-order valence-corrected chi connectivity index (χ1v) is 8.94. The molecule has 2 N–H and O–H groups in total. The predicted octanol–water partition coefficient (Wildman–Crippen LogP) is 2.07. The maximum absolute atomic E-state index is 13.1. The molecule has 0 bridgehead atoms. The minimum absolute atomic E-state index is 0.0552. The second kappa shape index (κ2) is 7.19. The molecule has 1 aromatic rings. The van der Waals surface area contributed by atoms with Gasteiger partial charge in [0.2, 0.25) is 5.91 Å². The van der Waals surface area contributed by atoms with Gasteiger partial charge in [-0.2, -0.15) is 0 Å². The third-order valence-electron chi connectivity index (χ3n) is 5.42. The summed E-state index contributed by atoms with van der Waals surface area (Å²) in [5, 5.41) is 13.1. The number of nitrogens with one attached hydrogen (secondary N) is 1. The van der Waals surface area contributed by atoms with E-state index in [2.05, 4.69) is 17.1 Å². The quantitative estimate of drug-likeness (QED) is 0.837. The number of β-amino-alcohol motifs (C(OH)–C–C–N with tert-alkyl or cyclic N) is 1. The molecule has 1 amide bonds. The molecule has 2 fully saturated rings. The maximum atomic E-state index is 13.1. The number of nitrogens with zero attached hydrogens (tertiary/aromatic N) is 1. The number of rotatable bonds is 6. The Bertz CT molecular complexity index is 563. The Morgan fingerprint density at radius 1 is 1.33 bits per heavy atom. The first-order chi connectivity index (χ1) is 11.5. The monoisotopic (exact) mass is 334 g/mol. The van der Waals surface area contributed by atoms with Crippen LogP contribution < -0.4 is 5.32 Å². The summed E-state index contributed by atoms with van der Waals surface area (Å²) in [4.78, 5) is 14.8. The zero-order valence-corrected chi connectivity index (χ0v) is 14.3. The number of benzene rings is 1. The summed E-state index contributed by atoms with van der Waals surface area (Å²) in [5.74, 6) is 0.421. The van der Waals surface area contributed by atoms with E-state index in [1.807, 2.05) is 0 Å². The van der Waals surface area contributed by atoms with Crippen molar-refractivity contribution in [2.24, 2.45) is 5.92 Å². The first-order valence-electron chi connectivity index (χ1n) is 8.94. The van der Waals surface area contributed by atoms with Gasteiger partial charge in [-0.1, -0.05) is 19.1 Å². The summed E-state index contributed by atoms with van der Waals surface area (Å²) >= 11 is 0. The lowest BCUT2D eigenvalue weighted by atomic mass is 9.95. The standard InChI is InChI=1S/C19H27FN2O2/c1-14-6-10-22(11-7-14)13-17(23)12-21-18(24)19(8-9-19)15-2-4-16(20)5-3-15/h2-5,14,17,23H,6-13H2,1H3,(H,21,24). The molecular weight excluding hydrogens is 307 g/mol. The molecule has 1 aliphatic carbocycles. The van der Waals surface area contributed by atoms with Crippen LogP contribution in [0.2, 0.25) is 0 Å². The van der Waals surface area contributed by atoms with E-state index < -0.39 is 11.5 Å². The predicted molar refractivity (Wildman–Crippen MR) is 91.2 cm³/mol. The van der Waals surface area contributed by atoms with Crippen LogP contribution in [0.25, 0.3) is 0 Å². The van der Waals surface area contributed by atoms with Gasteiger partial charge in [-0.15, -0.1) is 0 Å². The van der Waals surface area contributed by atoms with E-state index in [0.717, 1.165) is 37.4 Å². The smallest absolute Gasteiger partial charge is 0.230 e. The van der Waals surface area contributed by atoms with Crippen LogP contribution in [0.15, 0.2) is 24.3 Å². The van der Waals surface area contributed by atoms with Crippen LogP contribution in [-0.4, -0.2) is 48.2 Å². The lowest BCUT2D eigenvalue weighted by molar-refractivity contribution is -0.124. The molecule has 4 nitrogen and oxygen atoms in total. The molecule has 1 saturated heterocycles. The Balaban J connectivity index is 1.47. The Hall–Kier alpha value is -1.46. The SMILES string of the molecule is CC1CCN(CC(O)CNC(=O)C2(c3ccc(F)cc3)CC2)CC1. The number of aliphatic hydroxyl groups is 1. The number of amides is 1. The van der Waals surface area contributed by atoms with Crippen molar-refractivity contribution in [3.63, 3.8) is 0 Å². The van der Waals surface area contributed by atoms with Crippen molar-refractivity contribution in [3.05, 3.63) is 35.6 Å². The van der Waals surface area contributed by atoms with Crippen molar-refractivity contribution >= 4 is 5.91 Å². The van der Waals surface area contributed by atoms with E-state index in [9.17, 15) is 14.3 Å². The van der Waals surface area contributed by atoms with E-state index >= 15 is 0 Å². The summed E-state index contributed by atoms with van der Waals surface area (Å²) in [7, 11) is 0. The molecule has 0 radical (unpaired) electrons. The third kappa shape index (κ3) is 3.95. The van der Waals surface area contributed by atoms with Crippen LogP contribution in [0.5, 0.6) is 0 Å². The molecule has 24 heavy (non-hydrogen) atoms. The van der Waals surface area contributed by atoms with E-state index in [1.54, 1.807) is 12.1 Å². The molecule has 1 saturated carbocycles. The van der Waals surface area contributed by atoms with Gasteiger partial charge in [-0.05, 0) is 62.4 Å². The van der Waals surface area contributed by atoms with Crippen molar-refractivity contribution in [2.75, 3.05) is 26.2 Å². The van der Waals surface area contributed by atoms with Gasteiger partial charge < -0.3 is 15.3 Å². The molecule has 3 rings (SSSR count). The third-order valence-corrected chi connectivity index (χ3v) is 5.42. The Labute approximate surface area is 143 Å². The van der Waals surface area contributed by atoms with Crippen LogP contribution in [0, 0.1) is 11.7 Å². The van der Waals surface area contributed by atoms with Crippen LogP contribution in [0.4, 0.5) is 4.39 Å². The number of piperidine rings is 1. The van der Waals surface area contributed by atoms with E-state index in [-0.39, 0.29) is 18.3 Å². The van der Waals surface area contributed by atoms with Crippen molar-refractivity contribution in [2.45, 2.75) is 44.1 Å². The molecule has 1 aromatic carbocycles. The van der Waals surface area contributed by atoms with Crippen molar-refractivity contribution in [1.82, 2.24) is 10.2 Å². The molecule has 132 valence electrons. The lowest BCUT2D eigenvalue weighted by Gasteiger charge is -2.31. The fourth-order valence-corrected chi connectivity index (χ4v) is 3.53. The Morgan fingerprint density at radius 2 is 1.96 bits per heavy atom. The summed E-state index contributed by atoms with van der Waals surface area (Å²) in [6.45, 7) is 5.18. The van der Waals surface area contributed by atoms with E-state index in [0.29, 0.717) is 6.54 Å². The molecule has 1 unspecified atom stereocenters. The zero-order valence-electron chi connectivity index (χ0n) is 14.3. The number of hydrogen-bond acceptors (Lipinski definition) is 3. The molecule has 1 heterocycles. The molecule has 0 aromatic heterocycles. The molecule has 1 aliphatic heterocycles. The fraction of sp³-hybridized carbons (Fsp3) is 0.632. The largest absolute Gasteiger partial charge is 0.390 e. The second-order valence-electron chi connectivity index (χ2n) is 7.44. The average Bonchev–Trinajstić information content (AvgIpc) is 3.37. The fourth-order valence-electron chi connectivity index (χ4n) is 3.53. The number of carbonyl (C=O) groups excluding carboxylic acids is 1. The summed E-state index contributed by atoms with van der Waals surface area (Å²) < 4.78 is 13.1. The highest BCUT2D eigenvalue weighted by molar-refractivity contribution is 5.91. The van der Waals surface area contributed by atoms with Gasteiger partial charge in [-0.3, -0.25) is 4.79 Å². The summed E-state index contributed by atoms with van der Waals surface area (Å²) in [6.07, 6.45) is 3.36. The van der Waals surface area contributed by atoms with Gasteiger partial charge in [0.1, 0.15) is 5.82 Å². The topological polar surface area (TPSA) is 52.6 Å². The van der Waals surface area contributed by atoms with Crippen LogP contribution >= 0.6 is 0 Å². The van der Waals surface area contributed by atoms with Gasteiger partial charge in [0.25, 0.3) is 0 Å². The summed E-state index contributed by atoms with van der Waals surface area (Å²) in [6, 6.07) is 6.17. The van der Waals surface area contributed by atoms with Gasteiger partial charge >= 0.3 is 0 Å². The molecule has 0 spiro atoms. The van der Waals surface area contributed by atoms with Gasteiger partial charge in [-0.25, -0.2) is 4.39 Å². The van der Waals surface area contributed by atoms with E-state index in [1.165, 1.54) is 25.0 Å². The Morgan fingerprint density at radius 3 is 2.54 bits per heavy atom. The van der Waals surface area contributed by atoms with Crippen LogP contribution in [0.3, 0.4) is 0 Å². The van der Waals surface area contributed by atoms with Gasteiger partial charge in [0.15, 0.2) is 0 Å². The van der Waals surface area contributed by atoms with Gasteiger partial charge in [0, 0.05) is 13.1 Å². The van der Waals surface area contributed by atoms with Crippen LogP contribution in [-0.2, 0) is 10.2 Å². The average molecular weight is 334 g/mol. The highest BCUT2D eigenvalue weighted by Gasteiger charge is 2.51. The van der Waals surface area contributed by atoms with Crippen molar-refractivity contribution in [3.8, 4) is 0 Å². The van der Waals surface area contributed by atoms with Crippen molar-refractivity contribution < 1.29 is 14.3 Å². The zero-order chi connectivity index (χ0) is 17.2. The summed E-state index contributed by atoms with van der Waals surface area (Å²) in [5.41, 5.74) is 0.342. The van der Waals surface area contributed by atoms with Crippen LogP contribution in [0.1, 0.15) is 38.2 Å². The highest BCUT2D eigenvalue weighted by Crippen LogP contribution is 2.48. The Kier molecular flexibility index (Phi) is 5.21. The maximum Gasteiger partial charge on any atom is 0.230 e. The second-order valence-corrected chi connectivity index (χ2v) is 7.44. The lowest BCUT2D eigenvalue weighted by Crippen LogP contribution is -2.45. The minimum Gasteiger partial charge on any atom is -0.390 e. The first kappa shape index (κ1) is 17.4. The molecular formula is C19H27FN2O2. The van der Waals surface area contributed by atoms with E-state index in [4.69, 9.17) is 0 Å². The number of likely N-dealkylation sites (tertiary alicyclic amines) is 1. The number of aliphatic hydroxyl groups excluding tert-OH is 1. The normalized spacial score (nSPS) is 22.1. The number of halogens is 1. The molecule has 5 heteroatoms.